The summed E-state index contributed by atoms with van der Waals surface area (Å²) in [6.45, 7) is 3.18. The number of hydrogen-bond donors (Lipinski definition) is 2. The number of nitrogens with one attached hydrogen (secondary N) is 2. The zero-order valence-corrected chi connectivity index (χ0v) is 13.4. The van der Waals surface area contributed by atoms with E-state index in [0.717, 1.165) is 12.8 Å². The number of carbonyl (C=O) groups is 1. The molecule has 23 heavy (non-hydrogen) atoms. The molecule has 3 rings (SSSR count). The minimum atomic E-state index is -0.396. The zero-order chi connectivity index (χ0) is 16.4. The minimum Gasteiger partial charge on any atom is -0.456 e. The molecule has 0 bridgehead atoms. The van der Waals surface area contributed by atoms with Crippen LogP contribution in [0.15, 0.2) is 27.5 Å². The van der Waals surface area contributed by atoms with Gasteiger partial charge in [0.05, 0.1) is 11.9 Å². The minimum absolute atomic E-state index is 0.0675. The SMILES string of the molecule is Cc1ccc(C(=O)NC2CCN(c3cn[nH]c(=O)c3Cl)CC2)o1. The van der Waals surface area contributed by atoms with Gasteiger partial charge in [-0.1, -0.05) is 11.6 Å². The average Bonchev–Trinajstić information content (AvgIpc) is 2.98. The van der Waals surface area contributed by atoms with E-state index in [2.05, 4.69) is 15.5 Å². The van der Waals surface area contributed by atoms with E-state index in [4.69, 9.17) is 16.0 Å². The van der Waals surface area contributed by atoms with E-state index in [1.807, 2.05) is 4.90 Å². The highest BCUT2D eigenvalue weighted by molar-refractivity contribution is 6.33. The number of aryl methyl sites for hydroxylation is 1. The molecule has 2 N–H and O–H groups in total. The molecule has 0 radical (unpaired) electrons. The highest BCUT2D eigenvalue weighted by atomic mass is 35.5. The summed E-state index contributed by atoms with van der Waals surface area (Å²) in [6, 6.07) is 3.50. The van der Waals surface area contributed by atoms with Crippen molar-refractivity contribution < 1.29 is 9.21 Å². The number of amides is 1. The Morgan fingerprint density at radius 2 is 2.17 bits per heavy atom. The van der Waals surface area contributed by atoms with Gasteiger partial charge in [-0.15, -0.1) is 0 Å². The van der Waals surface area contributed by atoms with Crippen LogP contribution in [0, 0.1) is 6.92 Å². The third kappa shape index (κ3) is 3.39. The molecule has 7 nitrogen and oxygen atoms in total. The quantitative estimate of drug-likeness (QED) is 0.890. The van der Waals surface area contributed by atoms with Crippen LogP contribution in [0.2, 0.25) is 5.02 Å². The van der Waals surface area contributed by atoms with Gasteiger partial charge in [0.2, 0.25) is 0 Å². The fourth-order valence-corrected chi connectivity index (χ4v) is 2.88. The molecule has 0 aromatic carbocycles. The lowest BCUT2D eigenvalue weighted by atomic mass is 10.0. The van der Waals surface area contributed by atoms with Gasteiger partial charge < -0.3 is 14.6 Å². The van der Waals surface area contributed by atoms with Gasteiger partial charge in [0.25, 0.3) is 11.5 Å². The van der Waals surface area contributed by atoms with Crippen molar-refractivity contribution in [1.82, 2.24) is 15.5 Å². The Morgan fingerprint density at radius 1 is 1.43 bits per heavy atom. The number of aromatic amines is 1. The highest BCUT2D eigenvalue weighted by Gasteiger charge is 2.24. The standard InChI is InChI=1S/C15H17ClN4O3/c1-9-2-3-12(23-9)14(21)18-10-4-6-20(7-5-10)11-8-17-19-15(22)13(11)16/h2-3,8,10H,4-7H2,1H3,(H,18,21)(H,19,22). The van der Waals surface area contributed by atoms with Crippen molar-refractivity contribution in [3.63, 3.8) is 0 Å². The first-order chi connectivity index (χ1) is 11.0. The number of H-pyrrole nitrogens is 1. The van der Waals surface area contributed by atoms with Crippen LogP contribution in [0.25, 0.3) is 0 Å². The van der Waals surface area contributed by atoms with E-state index in [-0.39, 0.29) is 17.0 Å². The summed E-state index contributed by atoms with van der Waals surface area (Å²) >= 11 is 6.02. The molecule has 0 unspecified atom stereocenters. The molecule has 2 aromatic heterocycles. The summed E-state index contributed by atoms with van der Waals surface area (Å²) in [5.74, 6) is 0.834. The highest BCUT2D eigenvalue weighted by Crippen LogP contribution is 2.24. The van der Waals surface area contributed by atoms with Crippen LogP contribution in [-0.2, 0) is 0 Å². The first-order valence-electron chi connectivity index (χ1n) is 7.40. The summed E-state index contributed by atoms with van der Waals surface area (Å²) in [6.07, 6.45) is 3.07. The van der Waals surface area contributed by atoms with Crippen molar-refractivity contribution in [1.29, 1.82) is 0 Å². The summed E-state index contributed by atoms with van der Waals surface area (Å²) < 4.78 is 5.32. The topological polar surface area (TPSA) is 91.2 Å². The summed E-state index contributed by atoms with van der Waals surface area (Å²) in [5.41, 5.74) is 0.231. The van der Waals surface area contributed by atoms with Gasteiger partial charge in [-0.2, -0.15) is 5.10 Å². The van der Waals surface area contributed by atoms with E-state index in [1.165, 1.54) is 0 Å². The van der Waals surface area contributed by atoms with Crippen LogP contribution in [0.4, 0.5) is 5.69 Å². The number of nitrogens with zero attached hydrogens (tertiary/aromatic N) is 2. The van der Waals surface area contributed by atoms with E-state index in [0.29, 0.717) is 30.3 Å². The Bertz CT molecular complexity index is 762. The second kappa shape index (κ2) is 6.45. The van der Waals surface area contributed by atoms with Gasteiger partial charge in [0, 0.05) is 19.1 Å². The van der Waals surface area contributed by atoms with Crippen LogP contribution in [0.5, 0.6) is 0 Å². The lowest BCUT2D eigenvalue weighted by Gasteiger charge is -2.33. The number of hydrogen-bond acceptors (Lipinski definition) is 5. The first-order valence-corrected chi connectivity index (χ1v) is 7.78. The van der Waals surface area contributed by atoms with E-state index >= 15 is 0 Å². The van der Waals surface area contributed by atoms with E-state index in [1.54, 1.807) is 25.3 Å². The number of furan rings is 1. The maximum atomic E-state index is 12.1. The van der Waals surface area contributed by atoms with E-state index < -0.39 is 5.56 Å². The van der Waals surface area contributed by atoms with Crippen molar-refractivity contribution in [3.05, 3.63) is 45.2 Å². The van der Waals surface area contributed by atoms with Crippen molar-refractivity contribution in [3.8, 4) is 0 Å². The van der Waals surface area contributed by atoms with Crippen LogP contribution < -0.4 is 15.8 Å². The number of carbonyl (C=O) groups excluding carboxylic acids is 1. The lowest BCUT2D eigenvalue weighted by molar-refractivity contribution is 0.0901. The number of rotatable bonds is 3. The molecule has 1 fully saturated rings. The third-order valence-electron chi connectivity index (χ3n) is 3.91. The van der Waals surface area contributed by atoms with Crippen LogP contribution >= 0.6 is 11.6 Å². The molecule has 0 aliphatic carbocycles. The Balaban J connectivity index is 1.59. The van der Waals surface area contributed by atoms with Crippen LogP contribution in [0.1, 0.15) is 29.2 Å². The first kappa shape index (κ1) is 15.6. The summed E-state index contributed by atoms with van der Waals surface area (Å²) in [4.78, 5) is 25.6. The third-order valence-corrected chi connectivity index (χ3v) is 4.28. The van der Waals surface area contributed by atoms with Crippen LogP contribution in [0.3, 0.4) is 0 Å². The monoisotopic (exact) mass is 336 g/mol. The van der Waals surface area contributed by atoms with Gasteiger partial charge in [-0.25, -0.2) is 5.10 Å². The second-order valence-electron chi connectivity index (χ2n) is 5.54. The molecule has 0 atom stereocenters. The number of halogens is 1. The molecule has 1 amide bonds. The van der Waals surface area contributed by atoms with Crippen molar-refractivity contribution in [2.75, 3.05) is 18.0 Å². The second-order valence-corrected chi connectivity index (χ2v) is 5.92. The normalized spacial score (nSPS) is 15.7. The Hall–Kier alpha value is -2.28. The van der Waals surface area contributed by atoms with Crippen LogP contribution in [-0.4, -0.2) is 35.2 Å². The predicted octanol–water partition coefficient (Wildman–Crippen LogP) is 1.72. The molecule has 2 aromatic rings. The molecule has 1 aliphatic rings. The Labute approximate surface area is 137 Å². The number of piperidine rings is 1. The smallest absolute Gasteiger partial charge is 0.287 e. The molecule has 1 aliphatic heterocycles. The van der Waals surface area contributed by atoms with Gasteiger partial charge in [0.1, 0.15) is 10.8 Å². The van der Waals surface area contributed by atoms with Gasteiger partial charge in [0.15, 0.2) is 5.76 Å². The zero-order valence-electron chi connectivity index (χ0n) is 12.6. The van der Waals surface area contributed by atoms with Gasteiger partial charge in [-0.05, 0) is 31.9 Å². The lowest BCUT2D eigenvalue weighted by Crippen LogP contribution is -2.45. The predicted molar refractivity (Wildman–Crippen MR) is 86.0 cm³/mol. The average molecular weight is 337 g/mol. The Kier molecular flexibility index (Phi) is 4.38. The maximum Gasteiger partial charge on any atom is 0.287 e. The van der Waals surface area contributed by atoms with Crippen molar-refractivity contribution in [2.24, 2.45) is 0 Å². The molecular formula is C15H17ClN4O3. The molecule has 122 valence electrons. The largest absolute Gasteiger partial charge is 0.456 e. The maximum absolute atomic E-state index is 12.1. The molecule has 0 saturated carbocycles. The molecular weight excluding hydrogens is 320 g/mol. The van der Waals surface area contributed by atoms with Gasteiger partial charge >= 0.3 is 0 Å². The molecule has 8 heteroatoms. The molecule has 3 heterocycles. The van der Waals surface area contributed by atoms with Gasteiger partial charge in [-0.3, -0.25) is 9.59 Å². The summed E-state index contributed by atoms with van der Waals surface area (Å²) in [7, 11) is 0. The summed E-state index contributed by atoms with van der Waals surface area (Å²) in [5, 5.41) is 9.20. The fraction of sp³-hybridized carbons (Fsp3) is 0.400. The van der Waals surface area contributed by atoms with E-state index in [9.17, 15) is 9.59 Å². The number of anilines is 1. The molecule has 0 spiro atoms. The number of aromatic nitrogens is 2. The Morgan fingerprint density at radius 3 is 2.83 bits per heavy atom. The molecule has 1 saturated heterocycles. The van der Waals surface area contributed by atoms with Crippen molar-refractivity contribution in [2.45, 2.75) is 25.8 Å². The van der Waals surface area contributed by atoms with Crippen molar-refractivity contribution >= 4 is 23.2 Å². The fourth-order valence-electron chi connectivity index (χ4n) is 2.67.